The van der Waals surface area contributed by atoms with Crippen LogP contribution in [0.2, 0.25) is 0 Å². The van der Waals surface area contributed by atoms with Crippen molar-refractivity contribution in [3.05, 3.63) is 47.1 Å². The van der Waals surface area contributed by atoms with Gasteiger partial charge in [-0.2, -0.15) is 0 Å². The molecule has 1 fully saturated rings. The van der Waals surface area contributed by atoms with E-state index in [1.165, 1.54) is 0 Å². The second-order valence-electron chi connectivity index (χ2n) is 9.24. The Bertz CT molecular complexity index is 1120. The number of anilines is 1. The predicted octanol–water partition coefficient (Wildman–Crippen LogP) is 3.29. The smallest absolute Gasteiger partial charge is 0.294 e. The monoisotopic (exact) mass is 432 g/mol. The van der Waals surface area contributed by atoms with Crippen LogP contribution in [0.3, 0.4) is 0 Å². The topological polar surface area (TPSA) is 95.0 Å². The van der Waals surface area contributed by atoms with Crippen LogP contribution in [0.5, 0.6) is 0 Å². The van der Waals surface area contributed by atoms with Gasteiger partial charge in [-0.05, 0) is 17.0 Å². The number of hydrogen-bond acceptors (Lipinski definition) is 4. The van der Waals surface area contributed by atoms with Gasteiger partial charge in [-0.3, -0.25) is 19.7 Å². The standard InChI is InChI=1S/C24H25N5O3/c1-24(2)8-10-29(11-9-24)19-12-15(16-13-21(30)28-22(31)14-16)4-5-17(19)27-23(32)18-6-7-20(25-3)26-18/h4-5,7,10,12,16H,6,8-9,11,13-14H2,1-2H3,(H-,27,28,30,31,32)/p+1. The van der Waals surface area contributed by atoms with Crippen molar-refractivity contribution in [2.45, 2.75) is 51.9 Å². The molecule has 0 radical (unpaired) electrons. The number of hydrogen-bond donors (Lipinski definition) is 2. The first-order valence-electron chi connectivity index (χ1n) is 10.8. The molecule has 0 spiro atoms. The highest BCUT2D eigenvalue weighted by atomic mass is 16.2. The number of piperidine rings is 1. The van der Waals surface area contributed by atoms with Gasteiger partial charge in [0.1, 0.15) is 18.4 Å². The largest absolute Gasteiger partial charge is 0.361 e. The van der Waals surface area contributed by atoms with Gasteiger partial charge in [0.15, 0.2) is 5.71 Å². The number of imide groups is 1. The van der Waals surface area contributed by atoms with Crippen molar-refractivity contribution in [2.24, 2.45) is 10.4 Å². The van der Waals surface area contributed by atoms with Crippen LogP contribution in [0, 0.1) is 12.0 Å². The van der Waals surface area contributed by atoms with Gasteiger partial charge in [0.25, 0.3) is 11.7 Å². The maximum absolute atomic E-state index is 12.8. The SMILES string of the molecule is [C-]#[N+]C1=CCC(C(=O)Nc2ccc(C3CC(=O)NC(=O)C3)cc2[N+]2=CCC(C)(C)CC2)=N1. The molecule has 1 saturated heterocycles. The molecule has 0 saturated carbocycles. The van der Waals surface area contributed by atoms with Gasteiger partial charge in [-0.25, -0.2) is 4.58 Å². The minimum atomic E-state index is -0.335. The average molecular weight is 433 g/mol. The van der Waals surface area contributed by atoms with E-state index in [4.69, 9.17) is 6.57 Å². The molecular formula is C24H26N5O3+. The first-order valence-corrected chi connectivity index (χ1v) is 10.8. The fraction of sp³-hybridized carbons (Fsp3) is 0.417. The van der Waals surface area contributed by atoms with Gasteiger partial charge in [0, 0.05) is 44.1 Å². The number of nitrogens with one attached hydrogen (secondary N) is 2. The minimum Gasteiger partial charge on any atom is -0.361 e. The lowest BCUT2D eigenvalue weighted by Gasteiger charge is -2.26. The van der Waals surface area contributed by atoms with Crippen LogP contribution >= 0.6 is 0 Å². The fourth-order valence-corrected chi connectivity index (χ4v) is 4.18. The zero-order valence-electron chi connectivity index (χ0n) is 18.3. The number of carbonyl (C=O) groups excluding carboxylic acids is 3. The quantitative estimate of drug-likeness (QED) is 0.434. The van der Waals surface area contributed by atoms with Gasteiger partial charge in [-0.15, -0.1) is 4.99 Å². The molecule has 0 atom stereocenters. The summed E-state index contributed by atoms with van der Waals surface area (Å²) in [5.74, 6) is -0.820. The van der Waals surface area contributed by atoms with Crippen LogP contribution in [0.25, 0.3) is 4.85 Å². The molecule has 0 bridgehead atoms. The number of amides is 3. The third-order valence-corrected chi connectivity index (χ3v) is 6.19. The summed E-state index contributed by atoms with van der Waals surface area (Å²) in [5.41, 5.74) is 2.90. The lowest BCUT2D eigenvalue weighted by molar-refractivity contribution is -0.445. The summed E-state index contributed by atoms with van der Waals surface area (Å²) in [6, 6.07) is 5.66. The first kappa shape index (κ1) is 21.6. The van der Waals surface area contributed by atoms with Gasteiger partial charge >= 0.3 is 0 Å². The Morgan fingerprint density at radius 3 is 2.66 bits per heavy atom. The summed E-state index contributed by atoms with van der Waals surface area (Å²) in [6.45, 7) is 12.3. The Hall–Kier alpha value is -3.60. The molecule has 8 heteroatoms. The van der Waals surface area contributed by atoms with Crippen molar-refractivity contribution in [3.8, 4) is 0 Å². The van der Waals surface area contributed by atoms with Gasteiger partial charge in [-0.1, -0.05) is 32.6 Å². The van der Waals surface area contributed by atoms with E-state index in [9.17, 15) is 14.4 Å². The molecule has 164 valence electrons. The molecule has 0 unspecified atom stereocenters. The lowest BCUT2D eigenvalue weighted by atomic mass is 9.84. The number of carbonyl (C=O) groups is 3. The third-order valence-electron chi connectivity index (χ3n) is 6.19. The van der Waals surface area contributed by atoms with Crippen molar-refractivity contribution < 1.29 is 19.0 Å². The Morgan fingerprint density at radius 1 is 1.28 bits per heavy atom. The number of allylic oxidation sites excluding steroid dienone is 1. The van der Waals surface area contributed by atoms with Crippen molar-refractivity contribution in [1.29, 1.82) is 0 Å². The maximum atomic E-state index is 12.8. The minimum absolute atomic E-state index is 0.189. The van der Waals surface area contributed by atoms with E-state index < -0.39 is 0 Å². The van der Waals surface area contributed by atoms with E-state index in [0.29, 0.717) is 17.8 Å². The van der Waals surface area contributed by atoms with Gasteiger partial charge < -0.3 is 10.2 Å². The molecule has 1 aromatic rings. The van der Waals surface area contributed by atoms with Crippen LogP contribution in [-0.2, 0) is 14.4 Å². The van der Waals surface area contributed by atoms with E-state index >= 15 is 0 Å². The molecule has 2 N–H and O–H groups in total. The Morgan fingerprint density at radius 2 is 2.03 bits per heavy atom. The summed E-state index contributed by atoms with van der Waals surface area (Å²) in [7, 11) is 0. The highest BCUT2D eigenvalue weighted by Crippen LogP contribution is 2.36. The first-order chi connectivity index (χ1) is 15.2. The molecule has 32 heavy (non-hydrogen) atoms. The van der Waals surface area contributed by atoms with Crippen LogP contribution in [0.4, 0.5) is 11.4 Å². The average Bonchev–Trinajstić information content (AvgIpc) is 3.23. The third kappa shape index (κ3) is 4.67. The molecule has 3 heterocycles. The van der Waals surface area contributed by atoms with Crippen LogP contribution in [0.15, 0.2) is 35.1 Å². The van der Waals surface area contributed by atoms with Crippen LogP contribution < -0.4 is 10.6 Å². The molecule has 0 aliphatic carbocycles. The fourth-order valence-electron chi connectivity index (χ4n) is 4.18. The molecule has 3 amide bonds. The van der Waals surface area contributed by atoms with E-state index in [0.717, 1.165) is 30.6 Å². The molecule has 1 aromatic carbocycles. The van der Waals surface area contributed by atoms with Gasteiger partial charge in [0.05, 0.1) is 0 Å². The predicted molar refractivity (Wildman–Crippen MR) is 121 cm³/mol. The molecule has 8 nitrogen and oxygen atoms in total. The number of aliphatic imine (C=N–C) groups is 1. The normalized spacial score (nSPS) is 20.6. The van der Waals surface area contributed by atoms with Crippen LogP contribution in [0.1, 0.15) is 57.4 Å². The van der Waals surface area contributed by atoms with E-state index in [2.05, 4.69) is 45.1 Å². The zero-order chi connectivity index (χ0) is 22.9. The van der Waals surface area contributed by atoms with Crippen molar-refractivity contribution in [2.75, 3.05) is 11.9 Å². The van der Waals surface area contributed by atoms with Crippen molar-refractivity contribution >= 4 is 41.0 Å². The Labute approximate surface area is 186 Å². The van der Waals surface area contributed by atoms with E-state index in [-0.39, 0.29) is 47.7 Å². The molecule has 0 aromatic heterocycles. The van der Waals surface area contributed by atoms with E-state index in [1.54, 1.807) is 6.08 Å². The second kappa shape index (κ2) is 8.50. The van der Waals surface area contributed by atoms with Gasteiger partial charge in [0.2, 0.25) is 17.5 Å². The molecule has 4 rings (SSSR count). The van der Waals surface area contributed by atoms with E-state index in [1.807, 2.05) is 18.2 Å². The summed E-state index contributed by atoms with van der Waals surface area (Å²) >= 11 is 0. The maximum Gasteiger partial charge on any atom is 0.294 e. The Kier molecular flexibility index (Phi) is 5.74. The molecule has 3 aliphatic heterocycles. The molecule has 3 aliphatic rings. The molecular weight excluding hydrogens is 406 g/mol. The van der Waals surface area contributed by atoms with Crippen LogP contribution in [-0.4, -0.2) is 40.8 Å². The van der Waals surface area contributed by atoms with Crippen molar-refractivity contribution in [3.63, 3.8) is 0 Å². The lowest BCUT2D eigenvalue weighted by Crippen LogP contribution is -2.37. The summed E-state index contributed by atoms with van der Waals surface area (Å²) in [4.78, 5) is 43.9. The summed E-state index contributed by atoms with van der Waals surface area (Å²) in [5, 5.41) is 5.30. The highest BCUT2D eigenvalue weighted by Gasteiger charge is 2.32. The number of rotatable bonds is 4. The summed E-state index contributed by atoms with van der Waals surface area (Å²) < 4.78 is 2.13. The number of nitrogens with zero attached hydrogens (tertiary/aromatic N) is 3. The highest BCUT2D eigenvalue weighted by molar-refractivity contribution is 6.44. The zero-order valence-corrected chi connectivity index (χ0v) is 18.3. The summed E-state index contributed by atoms with van der Waals surface area (Å²) in [6.07, 6.45) is 6.53. The van der Waals surface area contributed by atoms with Crippen molar-refractivity contribution in [1.82, 2.24) is 5.32 Å². The second-order valence-corrected chi connectivity index (χ2v) is 9.24. The number of benzene rings is 1. The Balaban J connectivity index is 1.66.